The van der Waals surface area contributed by atoms with Gasteiger partial charge in [-0.1, -0.05) is 0 Å². The summed E-state index contributed by atoms with van der Waals surface area (Å²) >= 11 is 0. The standard InChI is InChI=1S/C21H17FN2O5/c1-28-13-9-14-18-16(10-13)29-7-6-24(18)21(27)17(19(14)25)20(26)23-5-4-11-8-12(22)2-3-15(11)23/h2-3,8-10,25H,4-7H2,1H3. The van der Waals surface area contributed by atoms with Crippen LogP contribution in [0, 0.1) is 5.82 Å². The van der Waals surface area contributed by atoms with Gasteiger partial charge >= 0.3 is 0 Å². The number of rotatable bonds is 2. The molecule has 2 aromatic carbocycles. The molecule has 0 unspecified atom stereocenters. The van der Waals surface area contributed by atoms with Gasteiger partial charge in [0.1, 0.15) is 35.2 Å². The lowest BCUT2D eigenvalue weighted by Crippen LogP contribution is -2.37. The number of methoxy groups -OCH3 is 1. The molecule has 0 fully saturated rings. The maximum absolute atomic E-state index is 13.5. The van der Waals surface area contributed by atoms with Crippen molar-refractivity contribution in [3.05, 3.63) is 57.6 Å². The molecular formula is C21H17FN2O5. The maximum atomic E-state index is 13.5. The van der Waals surface area contributed by atoms with Crippen molar-refractivity contribution in [2.24, 2.45) is 0 Å². The number of halogens is 1. The SMILES string of the molecule is COc1cc2c3c(c1)c(O)c(C(=O)N1CCc4cc(F)ccc41)c(=O)n3CCO2. The van der Waals surface area contributed by atoms with Gasteiger partial charge in [0.05, 0.1) is 19.2 Å². The van der Waals surface area contributed by atoms with E-state index in [1.54, 1.807) is 12.1 Å². The summed E-state index contributed by atoms with van der Waals surface area (Å²) in [6.07, 6.45) is 0.479. The van der Waals surface area contributed by atoms with E-state index in [4.69, 9.17) is 9.47 Å². The fourth-order valence-corrected chi connectivity index (χ4v) is 4.11. The van der Waals surface area contributed by atoms with E-state index in [9.17, 15) is 19.1 Å². The van der Waals surface area contributed by atoms with E-state index >= 15 is 0 Å². The van der Waals surface area contributed by atoms with Crippen LogP contribution in [0.1, 0.15) is 15.9 Å². The lowest BCUT2D eigenvalue weighted by atomic mass is 10.1. The van der Waals surface area contributed by atoms with Crippen molar-refractivity contribution >= 4 is 22.5 Å². The van der Waals surface area contributed by atoms with Crippen LogP contribution in [0.15, 0.2) is 35.1 Å². The average Bonchev–Trinajstić information content (AvgIpc) is 3.14. The Morgan fingerprint density at radius 3 is 2.86 bits per heavy atom. The highest BCUT2D eigenvalue weighted by Gasteiger charge is 2.32. The Kier molecular flexibility index (Phi) is 3.77. The number of pyridine rings is 1. The Balaban J connectivity index is 1.73. The van der Waals surface area contributed by atoms with Crippen LogP contribution >= 0.6 is 0 Å². The molecule has 1 amide bonds. The second kappa shape index (κ2) is 6.23. The second-order valence-electron chi connectivity index (χ2n) is 7.03. The van der Waals surface area contributed by atoms with Crippen molar-refractivity contribution in [3.8, 4) is 17.2 Å². The first kappa shape index (κ1) is 17.5. The molecule has 148 valence electrons. The molecule has 3 heterocycles. The van der Waals surface area contributed by atoms with Gasteiger partial charge in [0, 0.05) is 23.7 Å². The summed E-state index contributed by atoms with van der Waals surface area (Å²) in [6.45, 7) is 0.831. The van der Waals surface area contributed by atoms with E-state index in [0.717, 1.165) is 0 Å². The molecule has 7 nitrogen and oxygen atoms in total. The Morgan fingerprint density at radius 2 is 2.07 bits per heavy atom. The van der Waals surface area contributed by atoms with Crippen molar-refractivity contribution in [2.75, 3.05) is 25.2 Å². The summed E-state index contributed by atoms with van der Waals surface area (Å²) < 4.78 is 25.8. The third kappa shape index (κ3) is 2.48. The zero-order valence-electron chi connectivity index (χ0n) is 15.6. The molecule has 0 aliphatic carbocycles. The van der Waals surface area contributed by atoms with Crippen molar-refractivity contribution in [2.45, 2.75) is 13.0 Å². The molecular weight excluding hydrogens is 379 g/mol. The molecule has 0 atom stereocenters. The molecule has 0 bridgehead atoms. The maximum Gasteiger partial charge on any atom is 0.267 e. The van der Waals surface area contributed by atoms with E-state index in [-0.39, 0.29) is 24.5 Å². The third-order valence-electron chi connectivity index (χ3n) is 5.47. The third-order valence-corrected chi connectivity index (χ3v) is 5.47. The van der Waals surface area contributed by atoms with Gasteiger partial charge in [-0.25, -0.2) is 4.39 Å². The van der Waals surface area contributed by atoms with Crippen molar-refractivity contribution in [3.63, 3.8) is 0 Å². The molecule has 8 heteroatoms. The number of carbonyl (C=O) groups excluding carboxylic acids is 1. The number of amides is 1. The number of hydrogen-bond donors (Lipinski definition) is 1. The minimum absolute atomic E-state index is 0.261. The molecule has 3 aromatic rings. The van der Waals surface area contributed by atoms with Gasteiger partial charge < -0.3 is 24.0 Å². The predicted octanol–water partition coefficient (Wildman–Crippen LogP) is 2.45. The van der Waals surface area contributed by atoms with Gasteiger partial charge in [0.25, 0.3) is 11.5 Å². The Morgan fingerprint density at radius 1 is 1.24 bits per heavy atom. The first-order valence-electron chi connectivity index (χ1n) is 9.20. The zero-order valence-corrected chi connectivity index (χ0v) is 15.6. The Labute approximate surface area is 164 Å². The van der Waals surface area contributed by atoms with Crippen LogP contribution in [0.5, 0.6) is 17.2 Å². The number of aromatic hydroxyl groups is 1. The minimum atomic E-state index is -0.612. The number of anilines is 1. The first-order valence-corrected chi connectivity index (χ1v) is 9.20. The summed E-state index contributed by atoms with van der Waals surface area (Å²) in [5, 5.41) is 11.2. The van der Waals surface area contributed by atoms with E-state index in [0.29, 0.717) is 46.6 Å². The summed E-state index contributed by atoms with van der Waals surface area (Å²) in [5.41, 5.74) is 0.780. The van der Waals surface area contributed by atoms with Crippen molar-refractivity contribution in [1.82, 2.24) is 4.57 Å². The average molecular weight is 396 g/mol. The van der Waals surface area contributed by atoms with Crippen molar-refractivity contribution < 1.29 is 23.8 Å². The fraction of sp³-hybridized carbons (Fsp3) is 0.238. The molecule has 29 heavy (non-hydrogen) atoms. The quantitative estimate of drug-likeness (QED) is 0.720. The van der Waals surface area contributed by atoms with Gasteiger partial charge in [0.15, 0.2) is 0 Å². The monoisotopic (exact) mass is 396 g/mol. The molecule has 2 aliphatic rings. The number of fused-ring (bicyclic) bond motifs is 1. The first-order chi connectivity index (χ1) is 14.0. The number of ether oxygens (including phenoxy) is 2. The number of aromatic nitrogens is 1. The highest BCUT2D eigenvalue weighted by atomic mass is 19.1. The minimum Gasteiger partial charge on any atom is -0.506 e. The van der Waals surface area contributed by atoms with Gasteiger partial charge in [0.2, 0.25) is 0 Å². The molecule has 5 rings (SSSR count). The lowest BCUT2D eigenvalue weighted by molar-refractivity contribution is 0.0984. The predicted molar refractivity (Wildman–Crippen MR) is 104 cm³/mol. The fourth-order valence-electron chi connectivity index (χ4n) is 4.11. The second-order valence-corrected chi connectivity index (χ2v) is 7.03. The van der Waals surface area contributed by atoms with Crippen LogP contribution in [0.25, 0.3) is 10.9 Å². The van der Waals surface area contributed by atoms with Crippen LogP contribution in [0.2, 0.25) is 0 Å². The summed E-state index contributed by atoms with van der Waals surface area (Å²) in [4.78, 5) is 27.9. The lowest BCUT2D eigenvalue weighted by Gasteiger charge is -2.24. The molecule has 2 aliphatic heterocycles. The van der Waals surface area contributed by atoms with Gasteiger partial charge in [-0.05, 0) is 36.2 Å². The van der Waals surface area contributed by atoms with Crippen LogP contribution in [-0.2, 0) is 13.0 Å². The highest BCUT2D eigenvalue weighted by molar-refractivity contribution is 6.11. The topological polar surface area (TPSA) is 81.0 Å². The van der Waals surface area contributed by atoms with Crippen molar-refractivity contribution in [1.29, 1.82) is 0 Å². The van der Waals surface area contributed by atoms with E-state index < -0.39 is 17.2 Å². The number of nitrogens with zero attached hydrogens (tertiary/aromatic N) is 2. The summed E-state index contributed by atoms with van der Waals surface area (Å²) in [5.74, 6) is -0.545. The Bertz CT molecular complexity index is 1250. The van der Waals surface area contributed by atoms with Crippen LogP contribution in [0.4, 0.5) is 10.1 Å². The van der Waals surface area contributed by atoms with Gasteiger partial charge in [-0.15, -0.1) is 0 Å². The molecule has 0 spiro atoms. The number of hydrogen-bond acceptors (Lipinski definition) is 5. The molecule has 0 saturated carbocycles. The smallest absolute Gasteiger partial charge is 0.267 e. The molecule has 1 aromatic heterocycles. The van der Waals surface area contributed by atoms with Gasteiger partial charge in [-0.2, -0.15) is 0 Å². The van der Waals surface area contributed by atoms with Crippen LogP contribution in [-0.4, -0.2) is 35.8 Å². The largest absolute Gasteiger partial charge is 0.506 e. The molecule has 0 radical (unpaired) electrons. The number of benzene rings is 2. The normalized spacial score (nSPS) is 14.6. The van der Waals surface area contributed by atoms with E-state index in [1.165, 1.54) is 34.8 Å². The summed E-state index contributed by atoms with van der Waals surface area (Å²) in [7, 11) is 1.48. The highest BCUT2D eigenvalue weighted by Crippen LogP contribution is 2.39. The number of carbonyl (C=O) groups is 1. The molecule has 1 N–H and O–H groups in total. The van der Waals surface area contributed by atoms with Crippen LogP contribution < -0.4 is 19.9 Å². The van der Waals surface area contributed by atoms with Crippen LogP contribution in [0.3, 0.4) is 0 Å². The Hall–Kier alpha value is -3.55. The van der Waals surface area contributed by atoms with E-state index in [2.05, 4.69) is 0 Å². The van der Waals surface area contributed by atoms with E-state index in [1.807, 2.05) is 0 Å². The molecule has 0 saturated heterocycles. The zero-order chi connectivity index (χ0) is 20.3. The summed E-state index contributed by atoms with van der Waals surface area (Å²) in [6, 6.07) is 7.39. The van der Waals surface area contributed by atoms with Gasteiger partial charge in [-0.3, -0.25) is 9.59 Å².